The zero-order valence-electron chi connectivity index (χ0n) is 20.3. The Morgan fingerprint density at radius 1 is 1.03 bits per heavy atom. The van der Waals surface area contributed by atoms with Gasteiger partial charge < -0.3 is 26.0 Å². The zero-order valence-corrected chi connectivity index (χ0v) is 21.2. The molecule has 1 saturated heterocycles. The lowest BCUT2D eigenvalue weighted by molar-refractivity contribution is 0.0944. The van der Waals surface area contributed by atoms with Crippen LogP contribution < -0.4 is 16.0 Å². The Hall–Kier alpha value is -2.29. The van der Waals surface area contributed by atoms with Gasteiger partial charge in [0.2, 0.25) is 0 Å². The average Bonchev–Trinajstić information content (AvgIpc) is 3.37. The van der Waals surface area contributed by atoms with Gasteiger partial charge in [-0.1, -0.05) is 42.8 Å². The smallest absolute Gasteiger partial charge is 0.251 e. The molecule has 7 nitrogen and oxygen atoms in total. The van der Waals surface area contributed by atoms with E-state index in [1.807, 2.05) is 18.2 Å². The lowest BCUT2D eigenvalue weighted by Crippen LogP contribution is -2.27. The maximum atomic E-state index is 12.2. The third-order valence-electron chi connectivity index (χ3n) is 4.91. The number of carbonyl (C=O) groups excluding carboxylic acids is 1. The molecule has 0 radical (unpaired) electrons. The summed E-state index contributed by atoms with van der Waals surface area (Å²) >= 11 is 3.53. The number of carbonyl (C=O) groups is 1. The Balaban J connectivity index is 0.000000508. The highest BCUT2D eigenvalue weighted by atomic mass is 32.1. The van der Waals surface area contributed by atoms with Crippen molar-refractivity contribution in [1.82, 2.24) is 15.2 Å². The number of aryl methyl sites for hydroxylation is 1. The third-order valence-corrected chi connectivity index (χ3v) is 4.91. The largest absolute Gasteiger partial charge is 0.395 e. The summed E-state index contributed by atoms with van der Waals surface area (Å²) in [5.74, 6) is 1.19. The van der Waals surface area contributed by atoms with Crippen LogP contribution in [0.4, 0.5) is 11.6 Å². The number of aliphatic hydroxyl groups is 1. The van der Waals surface area contributed by atoms with Gasteiger partial charge in [0, 0.05) is 31.7 Å². The average molecular weight is 476 g/mol. The molecule has 1 amide bonds. The Labute approximate surface area is 204 Å². The fourth-order valence-electron chi connectivity index (χ4n) is 3.25. The number of benzene rings is 1. The molecule has 0 spiro atoms. The van der Waals surface area contributed by atoms with Gasteiger partial charge >= 0.3 is 0 Å². The first-order valence-electron chi connectivity index (χ1n) is 11.7. The zero-order chi connectivity index (χ0) is 24.3. The van der Waals surface area contributed by atoms with Crippen molar-refractivity contribution in [3.8, 4) is 0 Å². The Morgan fingerprint density at radius 2 is 1.64 bits per heavy atom. The molecule has 0 saturated carbocycles. The van der Waals surface area contributed by atoms with Gasteiger partial charge in [-0.25, -0.2) is 4.98 Å². The number of aromatic nitrogens is 1. The summed E-state index contributed by atoms with van der Waals surface area (Å²) < 4.78 is 0. The molecule has 33 heavy (non-hydrogen) atoms. The van der Waals surface area contributed by atoms with Crippen molar-refractivity contribution in [1.29, 1.82) is 0 Å². The molecule has 2 heterocycles. The molecule has 1 fully saturated rings. The lowest BCUT2D eigenvalue weighted by atomic mass is 10.2. The number of aliphatic hydroxyl groups excluding tert-OH is 1. The maximum Gasteiger partial charge on any atom is 0.251 e. The van der Waals surface area contributed by atoms with Crippen molar-refractivity contribution in [3.05, 3.63) is 53.6 Å². The van der Waals surface area contributed by atoms with Crippen molar-refractivity contribution < 1.29 is 9.90 Å². The van der Waals surface area contributed by atoms with E-state index in [1.54, 1.807) is 18.4 Å². The first-order valence-corrected chi connectivity index (χ1v) is 12.6. The summed E-state index contributed by atoms with van der Waals surface area (Å²) in [6.45, 7) is 9.28. The van der Waals surface area contributed by atoms with E-state index in [4.69, 9.17) is 5.11 Å². The van der Waals surface area contributed by atoms with Crippen molar-refractivity contribution in [2.45, 2.75) is 33.1 Å². The summed E-state index contributed by atoms with van der Waals surface area (Å²) in [7, 11) is 0. The molecule has 3 rings (SSSR count). The lowest BCUT2D eigenvalue weighted by Gasteiger charge is -2.16. The van der Waals surface area contributed by atoms with Crippen LogP contribution in [-0.2, 0) is 0 Å². The molecular formula is C25H41N5O2S. The Kier molecular flexibility index (Phi) is 15.8. The summed E-state index contributed by atoms with van der Waals surface area (Å²) in [5, 5.41) is 18.1. The topological polar surface area (TPSA) is 89.5 Å². The van der Waals surface area contributed by atoms with Gasteiger partial charge in [0.15, 0.2) is 0 Å². The van der Waals surface area contributed by atoms with Crippen molar-refractivity contribution in [3.63, 3.8) is 0 Å². The Bertz CT molecular complexity index is 771. The molecule has 184 valence electrons. The fraction of sp³-hybridized carbons (Fsp3) is 0.520. The van der Waals surface area contributed by atoms with Crippen LogP contribution in [0, 0.1) is 6.92 Å². The van der Waals surface area contributed by atoms with Gasteiger partial charge in [0.05, 0.1) is 6.61 Å². The number of amides is 1. The first-order chi connectivity index (χ1) is 16.1. The van der Waals surface area contributed by atoms with E-state index in [2.05, 4.69) is 64.4 Å². The van der Waals surface area contributed by atoms with Crippen molar-refractivity contribution in [2.24, 2.45) is 0 Å². The van der Waals surface area contributed by atoms with E-state index < -0.39 is 0 Å². The Morgan fingerprint density at radius 3 is 2.15 bits per heavy atom. The number of hydrogen-bond donors (Lipinski definition) is 5. The normalized spacial score (nSPS) is 12.6. The van der Waals surface area contributed by atoms with E-state index >= 15 is 0 Å². The van der Waals surface area contributed by atoms with Crippen molar-refractivity contribution in [2.75, 3.05) is 62.8 Å². The van der Waals surface area contributed by atoms with Crippen LogP contribution in [0.15, 0.2) is 42.5 Å². The SMILES string of the molecule is CCCNc1cc(C(=O)NCCO)cc(NCCN2CCCC2)n1.CS.Cc1ccccc1. The predicted octanol–water partition coefficient (Wildman–Crippen LogP) is 3.67. The van der Waals surface area contributed by atoms with Gasteiger partial charge in [-0.2, -0.15) is 12.6 Å². The van der Waals surface area contributed by atoms with E-state index in [1.165, 1.54) is 31.5 Å². The molecule has 0 atom stereocenters. The summed E-state index contributed by atoms with van der Waals surface area (Å²) in [6, 6.07) is 13.8. The molecule has 0 bridgehead atoms. The van der Waals surface area contributed by atoms with Crippen LogP contribution in [0.2, 0.25) is 0 Å². The quantitative estimate of drug-likeness (QED) is 0.337. The van der Waals surface area contributed by atoms with Crippen LogP contribution in [-0.4, -0.2) is 73.0 Å². The molecule has 8 heteroatoms. The third kappa shape index (κ3) is 12.5. The number of anilines is 2. The number of nitrogens with zero attached hydrogens (tertiary/aromatic N) is 2. The van der Waals surface area contributed by atoms with E-state index in [9.17, 15) is 4.79 Å². The molecule has 0 unspecified atom stereocenters. The van der Waals surface area contributed by atoms with E-state index in [0.29, 0.717) is 17.2 Å². The fourth-order valence-corrected chi connectivity index (χ4v) is 3.25. The molecule has 1 aliphatic rings. The monoisotopic (exact) mass is 475 g/mol. The van der Waals surface area contributed by atoms with Gasteiger partial charge in [-0.3, -0.25) is 4.79 Å². The van der Waals surface area contributed by atoms with Crippen LogP contribution in [0.3, 0.4) is 0 Å². The number of hydrogen-bond acceptors (Lipinski definition) is 7. The van der Waals surface area contributed by atoms with E-state index in [0.717, 1.165) is 26.1 Å². The summed E-state index contributed by atoms with van der Waals surface area (Å²) in [6.07, 6.45) is 5.24. The second-order valence-electron chi connectivity index (χ2n) is 7.66. The molecule has 1 aromatic heterocycles. The molecular weight excluding hydrogens is 434 g/mol. The van der Waals surface area contributed by atoms with Crippen LogP contribution in [0.25, 0.3) is 0 Å². The van der Waals surface area contributed by atoms with Gasteiger partial charge in [-0.05, 0) is 57.7 Å². The minimum Gasteiger partial charge on any atom is -0.395 e. The van der Waals surface area contributed by atoms with Crippen LogP contribution in [0.1, 0.15) is 42.1 Å². The minimum atomic E-state index is -0.200. The number of likely N-dealkylation sites (tertiary alicyclic amines) is 1. The number of pyridine rings is 1. The molecule has 1 aliphatic heterocycles. The highest BCUT2D eigenvalue weighted by Crippen LogP contribution is 2.15. The molecule has 4 N–H and O–H groups in total. The highest BCUT2D eigenvalue weighted by Gasteiger charge is 2.12. The first kappa shape index (κ1) is 28.7. The standard InChI is InChI=1S/C17H29N5O2.C7H8.CH4S/c1-2-5-18-15-12-14(17(24)20-7-11-23)13-16(21-15)19-6-10-22-8-3-4-9-22;1-7-5-3-2-4-6-7;1-2/h12-13,23H,2-11H2,1H3,(H,20,24)(H2,18,19,21);2-6H,1H3;2H,1H3. The van der Waals surface area contributed by atoms with E-state index in [-0.39, 0.29) is 19.1 Å². The summed E-state index contributed by atoms with van der Waals surface area (Å²) in [4.78, 5) is 19.1. The molecule has 2 aromatic rings. The maximum absolute atomic E-state index is 12.2. The molecule has 1 aromatic carbocycles. The molecule has 0 aliphatic carbocycles. The minimum absolute atomic E-state index is 0.0707. The number of rotatable bonds is 10. The number of thiol groups is 1. The second-order valence-corrected chi connectivity index (χ2v) is 7.66. The van der Waals surface area contributed by atoms with Crippen LogP contribution >= 0.6 is 12.6 Å². The van der Waals surface area contributed by atoms with Gasteiger partial charge in [-0.15, -0.1) is 0 Å². The number of nitrogens with one attached hydrogen (secondary N) is 3. The predicted molar refractivity (Wildman–Crippen MR) is 143 cm³/mol. The van der Waals surface area contributed by atoms with Crippen LogP contribution in [0.5, 0.6) is 0 Å². The van der Waals surface area contributed by atoms with Gasteiger partial charge in [0.1, 0.15) is 11.6 Å². The van der Waals surface area contributed by atoms with Crippen molar-refractivity contribution >= 4 is 30.2 Å². The second kappa shape index (κ2) is 18.2. The highest BCUT2D eigenvalue weighted by molar-refractivity contribution is 7.79. The summed E-state index contributed by atoms with van der Waals surface area (Å²) in [5.41, 5.74) is 1.86. The van der Waals surface area contributed by atoms with Gasteiger partial charge in [0.25, 0.3) is 5.91 Å².